The van der Waals surface area contributed by atoms with E-state index < -0.39 is 0 Å². The number of hydrogen-bond acceptors (Lipinski definition) is 3. The molecule has 2 atom stereocenters. The quantitative estimate of drug-likeness (QED) is 0.681. The first-order chi connectivity index (χ1) is 10.7. The molecule has 3 N–H and O–H groups in total. The summed E-state index contributed by atoms with van der Waals surface area (Å²) in [5.74, 6) is 0.222. The molecule has 0 bridgehead atoms. The zero-order chi connectivity index (χ0) is 15.8. The van der Waals surface area contributed by atoms with Crippen molar-refractivity contribution in [3.63, 3.8) is 0 Å². The Morgan fingerprint density at radius 3 is 2.50 bits per heavy atom. The van der Waals surface area contributed by atoms with E-state index in [0.717, 1.165) is 45.2 Å². The van der Waals surface area contributed by atoms with Gasteiger partial charge in [-0.3, -0.25) is 0 Å². The number of hydrogen-bond donors (Lipinski definition) is 3. The van der Waals surface area contributed by atoms with E-state index >= 15 is 0 Å². The van der Waals surface area contributed by atoms with Crippen LogP contribution in [0.5, 0.6) is 0 Å². The lowest BCUT2D eigenvalue weighted by Crippen LogP contribution is -2.51. The maximum atomic E-state index is 12.2. The second kappa shape index (κ2) is 9.36. The van der Waals surface area contributed by atoms with E-state index in [1.807, 2.05) is 0 Å². The minimum atomic E-state index is -0.0423. The van der Waals surface area contributed by atoms with Gasteiger partial charge in [-0.05, 0) is 38.6 Å². The molecule has 2 amide bonds. The number of carbonyl (C=O) groups excluding carboxylic acids is 1. The molecule has 2 rings (SSSR count). The first kappa shape index (κ1) is 17.5. The minimum absolute atomic E-state index is 0.0423. The smallest absolute Gasteiger partial charge is 0.315 e. The van der Waals surface area contributed by atoms with Gasteiger partial charge in [0.05, 0.1) is 0 Å². The first-order valence-corrected chi connectivity index (χ1v) is 9.13. The molecule has 2 unspecified atom stereocenters. The average Bonchev–Trinajstić information content (AvgIpc) is 2.74. The molecule has 0 spiro atoms. The number of piperidine rings is 1. The van der Waals surface area contributed by atoms with Gasteiger partial charge in [-0.1, -0.05) is 26.2 Å². The normalized spacial score (nSPS) is 28.1. The summed E-state index contributed by atoms with van der Waals surface area (Å²) in [6, 6.07) is 0.387. The second-order valence-electron chi connectivity index (χ2n) is 6.92. The third kappa shape index (κ3) is 5.43. The molecule has 0 aromatic heterocycles. The molecule has 1 heterocycles. The van der Waals surface area contributed by atoms with E-state index in [-0.39, 0.29) is 24.6 Å². The number of rotatable bonds is 5. The van der Waals surface area contributed by atoms with Gasteiger partial charge in [0.1, 0.15) is 0 Å². The topological polar surface area (TPSA) is 64.6 Å². The maximum absolute atomic E-state index is 12.2. The predicted molar refractivity (Wildman–Crippen MR) is 88.9 cm³/mol. The Hall–Kier alpha value is -0.810. The number of nitrogens with one attached hydrogen (secondary N) is 2. The molecule has 2 aliphatic rings. The van der Waals surface area contributed by atoms with Gasteiger partial charge < -0.3 is 20.6 Å². The fraction of sp³-hybridized carbons (Fsp3) is 0.941. The van der Waals surface area contributed by atoms with Crippen LogP contribution in [0.3, 0.4) is 0 Å². The standard InChI is InChI=1S/C17H33N3O2/c1-2-10-20-11-8-15(9-12-20)18-17(22)19-16-7-5-3-4-6-14(16)13-21/h14-16,21H,2-13H2,1H3,(H2,18,19,22). The molecule has 5 nitrogen and oxygen atoms in total. The second-order valence-corrected chi connectivity index (χ2v) is 6.92. The fourth-order valence-electron chi connectivity index (χ4n) is 3.81. The third-order valence-electron chi connectivity index (χ3n) is 5.17. The van der Waals surface area contributed by atoms with Crippen molar-refractivity contribution in [2.24, 2.45) is 5.92 Å². The Bertz CT molecular complexity index is 330. The number of nitrogens with zero attached hydrogens (tertiary/aromatic N) is 1. The zero-order valence-electron chi connectivity index (χ0n) is 14.0. The van der Waals surface area contributed by atoms with Crippen molar-refractivity contribution in [3.05, 3.63) is 0 Å². The Balaban J connectivity index is 1.73. The summed E-state index contributed by atoms with van der Waals surface area (Å²) >= 11 is 0. The Kier molecular flexibility index (Phi) is 7.46. The highest BCUT2D eigenvalue weighted by molar-refractivity contribution is 5.74. The van der Waals surface area contributed by atoms with Crippen molar-refractivity contribution >= 4 is 6.03 Å². The van der Waals surface area contributed by atoms with E-state index in [4.69, 9.17) is 0 Å². The SMILES string of the molecule is CCCN1CCC(NC(=O)NC2CCCCCC2CO)CC1. The van der Waals surface area contributed by atoms with Gasteiger partial charge in [0.15, 0.2) is 0 Å². The molecule has 22 heavy (non-hydrogen) atoms. The number of aliphatic hydroxyl groups excluding tert-OH is 1. The van der Waals surface area contributed by atoms with Crippen LogP contribution in [0, 0.1) is 5.92 Å². The van der Waals surface area contributed by atoms with E-state index in [1.54, 1.807) is 0 Å². The van der Waals surface area contributed by atoms with Gasteiger partial charge in [-0.15, -0.1) is 0 Å². The lowest BCUT2D eigenvalue weighted by Gasteiger charge is -2.33. The van der Waals surface area contributed by atoms with Crippen LogP contribution in [0.15, 0.2) is 0 Å². The summed E-state index contributed by atoms with van der Waals surface area (Å²) in [5, 5.41) is 15.8. The van der Waals surface area contributed by atoms with Crippen molar-refractivity contribution in [1.29, 1.82) is 0 Å². The van der Waals surface area contributed by atoms with Gasteiger partial charge in [-0.25, -0.2) is 4.79 Å². The summed E-state index contributed by atoms with van der Waals surface area (Å²) < 4.78 is 0. The van der Waals surface area contributed by atoms with Crippen LogP contribution in [0.4, 0.5) is 4.79 Å². The van der Waals surface area contributed by atoms with Crippen molar-refractivity contribution in [2.45, 2.75) is 70.4 Å². The molecule has 1 aliphatic carbocycles. The predicted octanol–water partition coefficient (Wildman–Crippen LogP) is 2.10. The van der Waals surface area contributed by atoms with Crippen LogP contribution in [0.2, 0.25) is 0 Å². The molecular weight excluding hydrogens is 278 g/mol. The highest BCUT2D eigenvalue weighted by atomic mass is 16.3. The van der Waals surface area contributed by atoms with Gasteiger partial charge in [-0.2, -0.15) is 0 Å². The molecular formula is C17H33N3O2. The largest absolute Gasteiger partial charge is 0.396 e. The van der Waals surface area contributed by atoms with Gasteiger partial charge in [0, 0.05) is 37.7 Å². The van der Waals surface area contributed by atoms with Crippen LogP contribution < -0.4 is 10.6 Å². The summed E-state index contributed by atoms with van der Waals surface area (Å²) in [6.45, 7) is 5.73. The lowest BCUT2D eigenvalue weighted by atomic mass is 9.96. The monoisotopic (exact) mass is 311 g/mol. The summed E-state index contributed by atoms with van der Waals surface area (Å²) in [6.07, 6.45) is 8.83. The van der Waals surface area contributed by atoms with E-state index in [2.05, 4.69) is 22.5 Å². The number of likely N-dealkylation sites (tertiary alicyclic amines) is 1. The molecule has 1 saturated carbocycles. The Morgan fingerprint density at radius 2 is 1.82 bits per heavy atom. The molecule has 1 saturated heterocycles. The number of amides is 2. The maximum Gasteiger partial charge on any atom is 0.315 e. The Labute approximate surface area is 134 Å². The third-order valence-corrected chi connectivity index (χ3v) is 5.17. The molecule has 2 fully saturated rings. The summed E-state index contributed by atoms with van der Waals surface area (Å²) in [7, 11) is 0. The number of urea groups is 1. The van der Waals surface area contributed by atoms with Crippen molar-refractivity contribution in [1.82, 2.24) is 15.5 Å². The lowest BCUT2D eigenvalue weighted by molar-refractivity contribution is 0.172. The van der Waals surface area contributed by atoms with Crippen LogP contribution in [-0.4, -0.2) is 54.4 Å². The minimum Gasteiger partial charge on any atom is -0.396 e. The van der Waals surface area contributed by atoms with Crippen LogP contribution >= 0.6 is 0 Å². The molecule has 1 aliphatic heterocycles. The van der Waals surface area contributed by atoms with Crippen molar-refractivity contribution in [2.75, 3.05) is 26.2 Å². The van der Waals surface area contributed by atoms with Crippen LogP contribution in [-0.2, 0) is 0 Å². The van der Waals surface area contributed by atoms with Gasteiger partial charge in [0.25, 0.3) is 0 Å². The van der Waals surface area contributed by atoms with E-state index in [1.165, 1.54) is 25.8 Å². The average molecular weight is 311 g/mol. The Morgan fingerprint density at radius 1 is 1.09 bits per heavy atom. The molecule has 0 aromatic carbocycles. The molecule has 0 radical (unpaired) electrons. The first-order valence-electron chi connectivity index (χ1n) is 9.13. The molecule has 128 valence electrons. The molecule has 5 heteroatoms. The number of aliphatic hydroxyl groups is 1. The number of carbonyl (C=O) groups is 1. The summed E-state index contributed by atoms with van der Waals surface area (Å²) in [4.78, 5) is 14.7. The van der Waals surface area contributed by atoms with Gasteiger partial charge in [0.2, 0.25) is 0 Å². The van der Waals surface area contributed by atoms with E-state index in [0.29, 0.717) is 6.04 Å². The van der Waals surface area contributed by atoms with Gasteiger partial charge >= 0.3 is 6.03 Å². The molecule has 0 aromatic rings. The highest BCUT2D eigenvalue weighted by Gasteiger charge is 2.26. The van der Waals surface area contributed by atoms with Crippen LogP contribution in [0.25, 0.3) is 0 Å². The van der Waals surface area contributed by atoms with Crippen molar-refractivity contribution < 1.29 is 9.90 Å². The highest BCUT2D eigenvalue weighted by Crippen LogP contribution is 2.23. The summed E-state index contributed by atoms with van der Waals surface area (Å²) in [5.41, 5.74) is 0. The van der Waals surface area contributed by atoms with E-state index in [9.17, 15) is 9.90 Å². The van der Waals surface area contributed by atoms with Crippen molar-refractivity contribution in [3.8, 4) is 0 Å². The fourth-order valence-corrected chi connectivity index (χ4v) is 3.81. The van der Waals surface area contributed by atoms with Crippen LogP contribution in [0.1, 0.15) is 58.3 Å². The zero-order valence-corrected chi connectivity index (χ0v) is 14.0.